The molecule has 0 aliphatic heterocycles. The summed E-state index contributed by atoms with van der Waals surface area (Å²) >= 11 is 2.12. The molecule has 0 bridgehead atoms. The minimum absolute atomic E-state index is 0.00704. The topological polar surface area (TPSA) is 26.3 Å². The smallest absolute Gasteiger partial charge is 0.318 e. The first-order chi connectivity index (χ1) is 4.63. The van der Waals surface area contributed by atoms with Gasteiger partial charge in [-0.25, -0.2) is 0 Å². The van der Waals surface area contributed by atoms with Crippen molar-refractivity contribution in [3.05, 3.63) is 0 Å². The summed E-state index contributed by atoms with van der Waals surface area (Å²) in [4.78, 5) is 10.9. The van der Waals surface area contributed by atoms with Crippen molar-refractivity contribution in [1.29, 1.82) is 0 Å². The van der Waals surface area contributed by atoms with Crippen LogP contribution in [0.4, 0.5) is 0 Å². The Hall–Kier alpha value is 0.200. The van der Waals surface area contributed by atoms with E-state index in [0.717, 1.165) is 6.42 Å². The minimum Gasteiger partial charge on any atom is -0.468 e. The number of ether oxygens (including phenoxy) is 1. The molecule has 0 aliphatic rings. The number of esters is 1. The highest BCUT2D eigenvalue weighted by molar-refractivity contribution is 14.1. The van der Waals surface area contributed by atoms with Crippen molar-refractivity contribution >= 4 is 28.6 Å². The molecule has 0 N–H and O–H groups in total. The molecule has 0 spiro atoms. The van der Waals surface area contributed by atoms with Crippen LogP contribution in [0.15, 0.2) is 0 Å². The van der Waals surface area contributed by atoms with Crippen LogP contribution in [0.2, 0.25) is 0 Å². The summed E-state index contributed by atoms with van der Waals surface area (Å²) in [6.07, 6.45) is 1.02. The van der Waals surface area contributed by atoms with Crippen LogP contribution in [0.25, 0.3) is 0 Å². The SMILES string of the molecule is CCC(C)C(I)C(=O)OC. The second kappa shape index (κ2) is 4.93. The Balaban J connectivity index is 3.81. The zero-order valence-corrected chi connectivity index (χ0v) is 8.71. The van der Waals surface area contributed by atoms with Crippen LogP contribution >= 0.6 is 22.6 Å². The average Bonchev–Trinajstić information content (AvgIpc) is 2.00. The van der Waals surface area contributed by atoms with E-state index in [4.69, 9.17) is 0 Å². The van der Waals surface area contributed by atoms with Gasteiger partial charge in [0.05, 0.1) is 7.11 Å². The first-order valence-electron chi connectivity index (χ1n) is 3.35. The second-order valence-electron chi connectivity index (χ2n) is 2.31. The molecule has 3 heteroatoms. The molecule has 0 heterocycles. The van der Waals surface area contributed by atoms with Gasteiger partial charge >= 0.3 is 5.97 Å². The molecule has 0 aromatic rings. The Morgan fingerprint density at radius 2 is 2.20 bits per heavy atom. The highest BCUT2D eigenvalue weighted by Crippen LogP contribution is 2.17. The first kappa shape index (κ1) is 10.2. The molecule has 0 radical (unpaired) electrons. The lowest BCUT2D eigenvalue weighted by Gasteiger charge is -2.13. The number of hydrogen-bond donors (Lipinski definition) is 0. The number of carbonyl (C=O) groups is 1. The molecule has 60 valence electrons. The molecule has 2 unspecified atom stereocenters. The molecule has 0 saturated heterocycles. The van der Waals surface area contributed by atoms with E-state index < -0.39 is 0 Å². The molecule has 2 nitrogen and oxygen atoms in total. The van der Waals surface area contributed by atoms with E-state index >= 15 is 0 Å². The maximum atomic E-state index is 10.9. The van der Waals surface area contributed by atoms with Crippen LogP contribution in [0, 0.1) is 5.92 Å². The van der Waals surface area contributed by atoms with E-state index in [1.807, 2.05) is 6.92 Å². The van der Waals surface area contributed by atoms with Gasteiger partial charge in [-0.3, -0.25) is 4.79 Å². The lowest BCUT2D eigenvalue weighted by atomic mass is 10.1. The lowest BCUT2D eigenvalue weighted by molar-refractivity contribution is -0.140. The van der Waals surface area contributed by atoms with Gasteiger partial charge in [-0.2, -0.15) is 0 Å². The molecule has 0 aromatic carbocycles. The fourth-order valence-corrected chi connectivity index (χ4v) is 1.31. The van der Waals surface area contributed by atoms with Crippen molar-refractivity contribution < 1.29 is 9.53 Å². The fraction of sp³-hybridized carbons (Fsp3) is 0.857. The molecule has 0 fully saturated rings. The molecule has 0 aliphatic carbocycles. The second-order valence-corrected chi connectivity index (χ2v) is 3.65. The monoisotopic (exact) mass is 256 g/mol. The Bertz CT molecular complexity index is 114. The zero-order chi connectivity index (χ0) is 8.15. The number of methoxy groups -OCH3 is 1. The molecule has 0 amide bonds. The summed E-state index contributed by atoms with van der Waals surface area (Å²) in [5.41, 5.74) is 0. The summed E-state index contributed by atoms with van der Waals surface area (Å²) in [5, 5.41) is 0. The van der Waals surface area contributed by atoms with Crippen molar-refractivity contribution in [2.75, 3.05) is 7.11 Å². The maximum Gasteiger partial charge on any atom is 0.318 e. The summed E-state index contributed by atoms with van der Waals surface area (Å²) in [7, 11) is 1.43. The van der Waals surface area contributed by atoms with E-state index in [9.17, 15) is 4.79 Å². The van der Waals surface area contributed by atoms with Crippen molar-refractivity contribution in [1.82, 2.24) is 0 Å². The van der Waals surface area contributed by atoms with Crippen molar-refractivity contribution in [3.63, 3.8) is 0 Å². The van der Waals surface area contributed by atoms with Crippen molar-refractivity contribution in [2.24, 2.45) is 5.92 Å². The van der Waals surface area contributed by atoms with Crippen molar-refractivity contribution in [3.8, 4) is 0 Å². The first-order valence-corrected chi connectivity index (χ1v) is 4.60. The van der Waals surface area contributed by atoms with Gasteiger partial charge in [-0.05, 0) is 5.92 Å². The van der Waals surface area contributed by atoms with E-state index in [1.54, 1.807) is 0 Å². The molecule has 0 saturated carbocycles. The third-order valence-electron chi connectivity index (χ3n) is 1.57. The van der Waals surface area contributed by atoms with Crippen LogP contribution in [-0.4, -0.2) is 17.0 Å². The van der Waals surface area contributed by atoms with E-state index in [2.05, 4.69) is 34.3 Å². The Labute approximate surface area is 75.5 Å². The Morgan fingerprint density at radius 1 is 1.70 bits per heavy atom. The highest BCUT2D eigenvalue weighted by Gasteiger charge is 2.20. The predicted molar refractivity (Wildman–Crippen MR) is 49.3 cm³/mol. The van der Waals surface area contributed by atoms with E-state index in [-0.39, 0.29) is 9.89 Å². The molecular formula is C7H13IO2. The summed E-state index contributed by atoms with van der Waals surface area (Å²) in [5.74, 6) is 0.294. The number of carbonyl (C=O) groups excluding carboxylic acids is 1. The largest absolute Gasteiger partial charge is 0.468 e. The van der Waals surface area contributed by atoms with Gasteiger partial charge < -0.3 is 4.74 Å². The normalized spacial score (nSPS) is 16.0. The number of rotatable bonds is 3. The maximum absolute atomic E-state index is 10.9. The van der Waals surface area contributed by atoms with Gasteiger partial charge in [0.2, 0.25) is 0 Å². The number of alkyl halides is 1. The highest BCUT2D eigenvalue weighted by atomic mass is 127. The summed E-state index contributed by atoms with van der Waals surface area (Å²) in [6.45, 7) is 4.12. The molecule has 0 rings (SSSR count). The van der Waals surface area contributed by atoms with E-state index in [1.165, 1.54) is 7.11 Å². The zero-order valence-electron chi connectivity index (χ0n) is 6.56. The summed E-state index contributed by atoms with van der Waals surface area (Å²) in [6, 6.07) is 0. The molecule has 10 heavy (non-hydrogen) atoms. The molecule has 0 aromatic heterocycles. The Kier molecular flexibility index (Phi) is 5.03. The lowest BCUT2D eigenvalue weighted by Crippen LogP contribution is -2.22. The van der Waals surface area contributed by atoms with Crippen LogP contribution in [-0.2, 0) is 9.53 Å². The van der Waals surface area contributed by atoms with Crippen LogP contribution < -0.4 is 0 Å². The van der Waals surface area contributed by atoms with Gasteiger partial charge in [-0.15, -0.1) is 0 Å². The van der Waals surface area contributed by atoms with Crippen LogP contribution in [0.1, 0.15) is 20.3 Å². The Morgan fingerprint density at radius 3 is 2.50 bits per heavy atom. The van der Waals surface area contributed by atoms with Crippen LogP contribution in [0.3, 0.4) is 0 Å². The average molecular weight is 256 g/mol. The van der Waals surface area contributed by atoms with Gasteiger partial charge in [0.25, 0.3) is 0 Å². The third kappa shape index (κ3) is 2.86. The fourth-order valence-electron chi connectivity index (χ4n) is 0.552. The van der Waals surface area contributed by atoms with Gasteiger partial charge in [-0.1, -0.05) is 42.9 Å². The third-order valence-corrected chi connectivity index (χ3v) is 3.31. The van der Waals surface area contributed by atoms with Crippen LogP contribution in [0.5, 0.6) is 0 Å². The predicted octanol–water partition coefficient (Wildman–Crippen LogP) is 2.01. The molecule has 2 atom stereocenters. The summed E-state index contributed by atoms with van der Waals surface area (Å²) < 4.78 is 4.60. The van der Waals surface area contributed by atoms with E-state index in [0.29, 0.717) is 5.92 Å². The van der Waals surface area contributed by atoms with Gasteiger partial charge in [0.15, 0.2) is 0 Å². The van der Waals surface area contributed by atoms with Gasteiger partial charge in [0.1, 0.15) is 3.92 Å². The molecular weight excluding hydrogens is 243 g/mol. The number of halogens is 1. The van der Waals surface area contributed by atoms with Gasteiger partial charge in [0, 0.05) is 0 Å². The standard InChI is InChI=1S/C7H13IO2/c1-4-5(2)6(8)7(9)10-3/h5-6H,4H2,1-3H3. The number of hydrogen-bond acceptors (Lipinski definition) is 2. The quantitative estimate of drug-likeness (QED) is 0.438. The van der Waals surface area contributed by atoms with Crippen molar-refractivity contribution in [2.45, 2.75) is 24.2 Å². The minimum atomic E-state index is -0.116.